The van der Waals surface area contributed by atoms with Crippen LogP contribution in [0.3, 0.4) is 0 Å². The van der Waals surface area contributed by atoms with Crippen LogP contribution in [-0.2, 0) is 10.0 Å². The lowest BCUT2D eigenvalue weighted by molar-refractivity contribution is 0.476. The number of nitrogens with one attached hydrogen (secondary N) is 2. The first-order chi connectivity index (χ1) is 14.6. The topological polar surface area (TPSA) is 92.7 Å². The van der Waals surface area contributed by atoms with Crippen molar-refractivity contribution in [3.8, 4) is 22.8 Å². The molecule has 0 saturated heterocycles. The number of para-hydroxylation sites is 1. The number of sulfonamides is 1. The summed E-state index contributed by atoms with van der Waals surface area (Å²) in [6.45, 7) is 5.80. The standard InChI is InChI=1S/C23H23N3O4S/c1-14-6-5-7-15(2)22(14)30-20-9-8-17(25-31(4,28)29)13-18(20)19-12-16(3)21-23(27)24-10-11-26(19)21/h5-13,25H,1-4H3,(H,24,27). The molecule has 0 spiro atoms. The van der Waals surface area contributed by atoms with Gasteiger partial charge in [0.2, 0.25) is 10.0 Å². The fraction of sp³-hybridized carbons (Fsp3) is 0.174. The van der Waals surface area contributed by atoms with Crippen LogP contribution in [0.5, 0.6) is 11.5 Å². The van der Waals surface area contributed by atoms with E-state index in [0.717, 1.165) is 34.4 Å². The second-order valence-corrected chi connectivity index (χ2v) is 9.38. The van der Waals surface area contributed by atoms with Crippen LogP contribution in [0.1, 0.15) is 16.7 Å². The molecule has 8 heteroatoms. The molecule has 0 aliphatic rings. The Labute approximate surface area is 180 Å². The van der Waals surface area contributed by atoms with Crippen molar-refractivity contribution in [3.05, 3.63) is 81.9 Å². The quantitative estimate of drug-likeness (QED) is 0.484. The zero-order chi connectivity index (χ0) is 22.3. The third-order valence-corrected chi connectivity index (χ3v) is 5.67. The van der Waals surface area contributed by atoms with Gasteiger partial charge in [0.1, 0.15) is 17.0 Å². The first-order valence-corrected chi connectivity index (χ1v) is 11.6. The highest BCUT2D eigenvalue weighted by Crippen LogP contribution is 2.38. The molecule has 0 fully saturated rings. The summed E-state index contributed by atoms with van der Waals surface area (Å²) in [6.07, 6.45) is 4.44. The molecule has 0 bridgehead atoms. The molecule has 0 amide bonds. The number of anilines is 1. The normalized spacial score (nSPS) is 11.6. The second kappa shape index (κ2) is 7.63. The van der Waals surface area contributed by atoms with Gasteiger partial charge in [0.15, 0.2) is 0 Å². The Bertz CT molecular complexity index is 1450. The fourth-order valence-corrected chi connectivity index (χ4v) is 4.28. The molecule has 0 radical (unpaired) electrons. The number of benzene rings is 2. The zero-order valence-electron chi connectivity index (χ0n) is 17.7. The number of hydrogen-bond acceptors (Lipinski definition) is 4. The molecule has 2 heterocycles. The van der Waals surface area contributed by atoms with Crippen molar-refractivity contribution in [1.82, 2.24) is 9.38 Å². The molecule has 31 heavy (non-hydrogen) atoms. The highest BCUT2D eigenvalue weighted by atomic mass is 32.2. The number of aryl methyl sites for hydroxylation is 3. The molecule has 0 aliphatic heterocycles. The molecule has 0 atom stereocenters. The van der Waals surface area contributed by atoms with Crippen LogP contribution in [0.15, 0.2) is 59.7 Å². The predicted octanol–water partition coefficient (Wildman–Crippen LogP) is 4.38. The molecule has 4 rings (SSSR count). The highest BCUT2D eigenvalue weighted by Gasteiger charge is 2.18. The third-order valence-electron chi connectivity index (χ3n) is 5.06. The van der Waals surface area contributed by atoms with Gasteiger partial charge in [-0.25, -0.2) is 8.42 Å². The van der Waals surface area contributed by atoms with Gasteiger partial charge in [0, 0.05) is 23.6 Å². The van der Waals surface area contributed by atoms with Crippen molar-refractivity contribution >= 4 is 21.2 Å². The van der Waals surface area contributed by atoms with E-state index in [1.807, 2.05) is 45.0 Å². The summed E-state index contributed by atoms with van der Waals surface area (Å²) in [5.41, 5.74) is 4.88. The lowest BCUT2D eigenvalue weighted by Gasteiger charge is -2.16. The van der Waals surface area contributed by atoms with Gasteiger partial charge >= 0.3 is 0 Å². The van der Waals surface area contributed by atoms with Gasteiger partial charge in [-0.2, -0.15) is 0 Å². The van der Waals surface area contributed by atoms with Crippen LogP contribution in [0.2, 0.25) is 0 Å². The van der Waals surface area contributed by atoms with Crippen molar-refractivity contribution in [2.45, 2.75) is 20.8 Å². The van der Waals surface area contributed by atoms with Gasteiger partial charge < -0.3 is 14.1 Å². The highest BCUT2D eigenvalue weighted by molar-refractivity contribution is 7.92. The van der Waals surface area contributed by atoms with Crippen LogP contribution >= 0.6 is 0 Å². The van der Waals surface area contributed by atoms with E-state index in [9.17, 15) is 13.2 Å². The van der Waals surface area contributed by atoms with E-state index in [4.69, 9.17) is 4.74 Å². The molecule has 160 valence electrons. The Morgan fingerprint density at radius 1 is 1.00 bits per heavy atom. The number of aromatic nitrogens is 2. The predicted molar refractivity (Wildman–Crippen MR) is 123 cm³/mol. The smallest absolute Gasteiger partial charge is 0.272 e. The van der Waals surface area contributed by atoms with E-state index in [2.05, 4.69) is 9.71 Å². The molecular weight excluding hydrogens is 414 g/mol. The zero-order valence-corrected chi connectivity index (χ0v) is 18.5. The van der Waals surface area contributed by atoms with Gasteiger partial charge in [-0.3, -0.25) is 9.52 Å². The first kappa shape index (κ1) is 20.7. The Hall–Kier alpha value is -3.52. The van der Waals surface area contributed by atoms with Gasteiger partial charge in [0.25, 0.3) is 5.56 Å². The van der Waals surface area contributed by atoms with E-state index in [-0.39, 0.29) is 5.56 Å². The summed E-state index contributed by atoms with van der Waals surface area (Å²) < 4.78 is 34.2. The number of hydrogen-bond donors (Lipinski definition) is 2. The Balaban J connectivity index is 1.95. The summed E-state index contributed by atoms with van der Waals surface area (Å²) in [6, 6.07) is 12.9. The van der Waals surface area contributed by atoms with Gasteiger partial charge in [-0.05, 0) is 61.7 Å². The number of nitrogens with zero attached hydrogens (tertiary/aromatic N) is 1. The molecule has 2 N–H and O–H groups in total. The molecule has 4 aromatic rings. The van der Waals surface area contributed by atoms with Gasteiger partial charge in [-0.15, -0.1) is 0 Å². The van der Waals surface area contributed by atoms with Crippen LogP contribution in [0, 0.1) is 20.8 Å². The Morgan fingerprint density at radius 2 is 1.71 bits per heavy atom. The SMILES string of the molecule is Cc1cccc(C)c1Oc1ccc(NS(C)(=O)=O)cc1-c1cc(C)c2c(=O)[nH]ccn12. The summed E-state index contributed by atoms with van der Waals surface area (Å²) in [5, 5.41) is 0. The van der Waals surface area contributed by atoms with Crippen molar-refractivity contribution in [2.75, 3.05) is 11.0 Å². The second-order valence-electron chi connectivity index (χ2n) is 7.63. The summed E-state index contributed by atoms with van der Waals surface area (Å²) in [7, 11) is -3.46. The van der Waals surface area contributed by atoms with E-state index in [1.54, 1.807) is 35.0 Å². The first-order valence-electron chi connectivity index (χ1n) is 9.69. The van der Waals surface area contributed by atoms with E-state index < -0.39 is 10.0 Å². The van der Waals surface area contributed by atoms with Crippen molar-refractivity contribution in [2.24, 2.45) is 0 Å². The monoisotopic (exact) mass is 437 g/mol. The van der Waals surface area contributed by atoms with Gasteiger partial charge in [0.05, 0.1) is 11.9 Å². The van der Waals surface area contributed by atoms with Gasteiger partial charge in [-0.1, -0.05) is 18.2 Å². The average molecular weight is 438 g/mol. The fourth-order valence-electron chi connectivity index (χ4n) is 3.73. The molecule has 2 aromatic carbocycles. The minimum absolute atomic E-state index is 0.200. The van der Waals surface area contributed by atoms with E-state index in [1.165, 1.54) is 0 Å². The lowest BCUT2D eigenvalue weighted by Crippen LogP contribution is -2.10. The molecule has 2 aromatic heterocycles. The molecule has 7 nitrogen and oxygen atoms in total. The van der Waals surface area contributed by atoms with Crippen LogP contribution in [-0.4, -0.2) is 24.1 Å². The number of ether oxygens (including phenoxy) is 1. The minimum Gasteiger partial charge on any atom is -0.456 e. The number of aromatic amines is 1. The maximum absolute atomic E-state index is 12.4. The molecule has 0 unspecified atom stereocenters. The van der Waals surface area contributed by atoms with Crippen molar-refractivity contribution in [1.29, 1.82) is 0 Å². The largest absolute Gasteiger partial charge is 0.456 e. The number of fused-ring (bicyclic) bond motifs is 1. The average Bonchev–Trinajstić information content (AvgIpc) is 3.02. The van der Waals surface area contributed by atoms with Crippen molar-refractivity contribution < 1.29 is 13.2 Å². The van der Waals surface area contributed by atoms with Crippen LogP contribution in [0.25, 0.3) is 16.8 Å². The van der Waals surface area contributed by atoms with Crippen LogP contribution < -0.4 is 15.0 Å². The minimum atomic E-state index is -3.46. The van der Waals surface area contributed by atoms with E-state index >= 15 is 0 Å². The number of rotatable bonds is 5. The lowest BCUT2D eigenvalue weighted by atomic mass is 10.1. The molecule has 0 saturated carbocycles. The maximum Gasteiger partial charge on any atom is 0.272 e. The Kier molecular flexibility index (Phi) is 5.10. The number of H-pyrrole nitrogens is 1. The third kappa shape index (κ3) is 4.06. The summed E-state index contributed by atoms with van der Waals surface area (Å²) in [5.74, 6) is 1.29. The van der Waals surface area contributed by atoms with E-state index in [0.29, 0.717) is 22.5 Å². The van der Waals surface area contributed by atoms with Crippen molar-refractivity contribution in [3.63, 3.8) is 0 Å². The maximum atomic E-state index is 12.4. The summed E-state index contributed by atoms with van der Waals surface area (Å²) in [4.78, 5) is 15.1. The molecule has 0 aliphatic carbocycles. The Morgan fingerprint density at radius 3 is 2.39 bits per heavy atom. The summed E-state index contributed by atoms with van der Waals surface area (Å²) >= 11 is 0. The van der Waals surface area contributed by atoms with Crippen LogP contribution in [0.4, 0.5) is 5.69 Å². The molecular formula is C23H23N3O4S.